The van der Waals surface area contributed by atoms with Gasteiger partial charge in [0.2, 0.25) is 0 Å². The van der Waals surface area contributed by atoms with E-state index in [-0.39, 0.29) is 17.0 Å². The molecule has 11 nitrogen and oxygen atoms in total. The number of aromatic nitrogens is 6. The highest BCUT2D eigenvalue weighted by Gasteiger charge is 2.28. The van der Waals surface area contributed by atoms with Gasteiger partial charge in [-0.25, -0.2) is 9.78 Å². The average Bonchev–Trinajstić information content (AvgIpc) is 3.63. The molecule has 1 saturated heterocycles. The molecule has 0 unspecified atom stereocenters. The number of carbonyl (C=O) groups excluding carboxylic acids is 1. The second-order valence-electron chi connectivity index (χ2n) is 11.7. The Balaban J connectivity index is 1.70. The maximum atomic E-state index is 13.2. The number of ether oxygens (including phenoxy) is 1. The monoisotopic (exact) mass is 556 g/mol. The van der Waals surface area contributed by atoms with Crippen LogP contribution >= 0.6 is 0 Å². The number of carbonyl (C=O) groups is 1. The molecule has 1 aliphatic rings. The SMILES string of the molecule is CNC(=O)c1cc2c(cc1-c1cnn(C)c1)nc(C(C)(C)C)n2-c1cc(N2CCOCC2)c2c(c1)n(C)c(=O)n2C. The Kier molecular flexibility index (Phi) is 6.29. The maximum Gasteiger partial charge on any atom is 0.328 e. The van der Waals surface area contributed by atoms with Gasteiger partial charge in [-0.15, -0.1) is 0 Å². The number of hydrogen-bond acceptors (Lipinski definition) is 6. The van der Waals surface area contributed by atoms with Crippen LogP contribution in [0.1, 0.15) is 37.0 Å². The van der Waals surface area contributed by atoms with Crippen LogP contribution in [0.15, 0.2) is 41.5 Å². The van der Waals surface area contributed by atoms with Gasteiger partial charge in [0, 0.05) is 64.0 Å². The van der Waals surface area contributed by atoms with Crippen LogP contribution in [0.3, 0.4) is 0 Å². The Morgan fingerprint density at radius 1 is 1.00 bits per heavy atom. The van der Waals surface area contributed by atoms with Crippen molar-refractivity contribution in [2.45, 2.75) is 26.2 Å². The van der Waals surface area contributed by atoms with Crippen LogP contribution in [-0.4, -0.2) is 67.7 Å². The first-order chi connectivity index (χ1) is 19.5. The first kappa shape index (κ1) is 26.8. The van der Waals surface area contributed by atoms with Crippen LogP contribution in [-0.2, 0) is 31.3 Å². The topological polar surface area (TPSA) is 104 Å². The minimum absolute atomic E-state index is 0.0822. The molecule has 4 heterocycles. The highest BCUT2D eigenvalue weighted by molar-refractivity contribution is 6.05. The number of anilines is 1. The maximum absolute atomic E-state index is 13.2. The average molecular weight is 557 g/mol. The normalized spacial score (nSPS) is 14.4. The summed E-state index contributed by atoms with van der Waals surface area (Å²) < 4.78 is 12.9. The molecule has 2 aromatic carbocycles. The lowest BCUT2D eigenvalue weighted by molar-refractivity contribution is 0.0964. The van der Waals surface area contributed by atoms with Gasteiger partial charge in [-0.1, -0.05) is 20.8 Å². The number of benzene rings is 2. The summed E-state index contributed by atoms with van der Waals surface area (Å²) in [7, 11) is 7.11. The first-order valence-corrected chi connectivity index (χ1v) is 13.8. The molecule has 1 N–H and O–H groups in total. The van der Waals surface area contributed by atoms with Crippen molar-refractivity contribution in [3.63, 3.8) is 0 Å². The van der Waals surface area contributed by atoms with E-state index in [1.807, 2.05) is 38.5 Å². The van der Waals surface area contributed by atoms with Crippen LogP contribution in [0.25, 0.3) is 38.9 Å². The van der Waals surface area contributed by atoms with Gasteiger partial charge in [0.05, 0.1) is 52.9 Å². The Labute approximate surface area is 237 Å². The molecule has 0 atom stereocenters. The van der Waals surface area contributed by atoms with Gasteiger partial charge in [0.15, 0.2) is 0 Å². The lowest BCUT2D eigenvalue weighted by atomic mass is 9.95. The number of fused-ring (bicyclic) bond motifs is 2. The molecule has 1 fully saturated rings. The number of hydrogen-bond donors (Lipinski definition) is 1. The third kappa shape index (κ3) is 4.31. The summed E-state index contributed by atoms with van der Waals surface area (Å²) >= 11 is 0. The fourth-order valence-corrected chi connectivity index (χ4v) is 5.80. The van der Waals surface area contributed by atoms with Crippen LogP contribution in [0, 0.1) is 0 Å². The largest absolute Gasteiger partial charge is 0.378 e. The van der Waals surface area contributed by atoms with Crippen molar-refractivity contribution in [1.29, 1.82) is 0 Å². The molecule has 6 rings (SSSR count). The second kappa shape index (κ2) is 9.62. The molecule has 0 saturated carbocycles. The zero-order valence-electron chi connectivity index (χ0n) is 24.6. The molecule has 11 heteroatoms. The molecule has 3 aromatic heterocycles. The van der Waals surface area contributed by atoms with E-state index < -0.39 is 0 Å². The predicted molar refractivity (Wildman–Crippen MR) is 160 cm³/mol. The third-order valence-corrected chi connectivity index (χ3v) is 7.89. The summed E-state index contributed by atoms with van der Waals surface area (Å²) in [6, 6.07) is 8.08. The van der Waals surface area contributed by atoms with Gasteiger partial charge < -0.3 is 15.0 Å². The molecule has 1 aliphatic heterocycles. The van der Waals surface area contributed by atoms with Gasteiger partial charge >= 0.3 is 5.69 Å². The highest BCUT2D eigenvalue weighted by atomic mass is 16.5. The van der Waals surface area contributed by atoms with E-state index in [0.717, 1.165) is 63.5 Å². The fourth-order valence-electron chi connectivity index (χ4n) is 5.80. The molecule has 214 valence electrons. The Morgan fingerprint density at radius 3 is 2.37 bits per heavy atom. The van der Waals surface area contributed by atoms with Crippen LogP contribution in [0.5, 0.6) is 0 Å². The molecular weight excluding hydrogens is 520 g/mol. The van der Waals surface area contributed by atoms with Crippen molar-refractivity contribution >= 4 is 33.7 Å². The van der Waals surface area contributed by atoms with E-state index in [9.17, 15) is 9.59 Å². The Morgan fingerprint density at radius 2 is 1.73 bits per heavy atom. The van der Waals surface area contributed by atoms with Gasteiger partial charge in [0.25, 0.3) is 5.91 Å². The molecular formula is C30H36N8O3. The summed E-state index contributed by atoms with van der Waals surface area (Å²) in [5.74, 6) is 0.664. The van der Waals surface area contributed by atoms with Crippen LogP contribution < -0.4 is 15.9 Å². The first-order valence-electron chi connectivity index (χ1n) is 13.8. The van der Waals surface area contributed by atoms with Crippen molar-refractivity contribution in [2.24, 2.45) is 21.1 Å². The van der Waals surface area contributed by atoms with Gasteiger partial charge in [-0.05, 0) is 29.8 Å². The number of aryl methyl sites for hydroxylation is 3. The van der Waals surface area contributed by atoms with Crippen LogP contribution in [0.2, 0.25) is 0 Å². The summed E-state index contributed by atoms with van der Waals surface area (Å²) in [5.41, 5.74) is 6.90. The minimum Gasteiger partial charge on any atom is -0.378 e. The third-order valence-electron chi connectivity index (χ3n) is 7.89. The lowest BCUT2D eigenvalue weighted by Gasteiger charge is -2.30. The lowest BCUT2D eigenvalue weighted by Crippen LogP contribution is -2.36. The standard InChI is InChI=1S/C30H36N8O3/c1-30(2,3)28-33-22-14-20(18-16-32-34(5)17-18)21(27(39)31-4)15-23(22)38(28)19-12-24-26(36(7)29(40)35(24)6)25(13-19)37-8-10-41-11-9-37/h12-17H,8-11H2,1-7H3,(H,31,39). The van der Waals surface area contributed by atoms with Crippen molar-refractivity contribution < 1.29 is 9.53 Å². The Hall–Kier alpha value is -4.38. The highest BCUT2D eigenvalue weighted by Crippen LogP contribution is 2.37. The summed E-state index contributed by atoms with van der Waals surface area (Å²) in [4.78, 5) is 33.7. The summed E-state index contributed by atoms with van der Waals surface area (Å²) in [6.07, 6.45) is 3.65. The molecule has 1 amide bonds. The van der Waals surface area contributed by atoms with Gasteiger partial charge in [-0.2, -0.15) is 5.10 Å². The van der Waals surface area contributed by atoms with Gasteiger partial charge in [-0.3, -0.25) is 23.2 Å². The predicted octanol–water partition coefficient (Wildman–Crippen LogP) is 3.11. The molecule has 41 heavy (non-hydrogen) atoms. The number of amides is 1. The molecule has 0 spiro atoms. The Bertz CT molecular complexity index is 1880. The van der Waals surface area contributed by atoms with E-state index in [4.69, 9.17) is 9.72 Å². The van der Waals surface area contributed by atoms with E-state index in [0.29, 0.717) is 18.8 Å². The van der Waals surface area contributed by atoms with Crippen molar-refractivity contribution in [1.82, 2.24) is 33.8 Å². The number of rotatable bonds is 4. The summed E-state index contributed by atoms with van der Waals surface area (Å²) in [5, 5.41) is 7.12. The fraction of sp³-hybridized carbons (Fsp3) is 0.400. The zero-order chi connectivity index (χ0) is 29.2. The number of imidazole rings is 2. The number of morpholine rings is 1. The molecule has 0 aliphatic carbocycles. The van der Waals surface area contributed by atoms with E-state index in [2.05, 4.69) is 46.7 Å². The van der Waals surface area contributed by atoms with Crippen molar-refractivity contribution in [3.05, 3.63) is 58.5 Å². The quantitative estimate of drug-likeness (QED) is 0.365. The molecule has 0 bridgehead atoms. The van der Waals surface area contributed by atoms with E-state index in [1.165, 1.54) is 0 Å². The smallest absolute Gasteiger partial charge is 0.328 e. The van der Waals surface area contributed by atoms with Gasteiger partial charge in [0.1, 0.15) is 5.82 Å². The van der Waals surface area contributed by atoms with E-state index in [1.54, 1.807) is 34.1 Å². The molecule has 5 aromatic rings. The number of nitrogens with zero attached hydrogens (tertiary/aromatic N) is 7. The van der Waals surface area contributed by atoms with E-state index >= 15 is 0 Å². The molecule has 0 radical (unpaired) electrons. The summed E-state index contributed by atoms with van der Waals surface area (Å²) in [6.45, 7) is 9.10. The second-order valence-corrected chi connectivity index (χ2v) is 11.7. The minimum atomic E-state index is -0.322. The number of nitrogens with one attached hydrogen (secondary N) is 1. The van der Waals surface area contributed by atoms with Crippen molar-refractivity contribution in [3.8, 4) is 16.8 Å². The van der Waals surface area contributed by atoms with Crippen molar-refractivity contribution in [2.75, 3.05) is 38.3 Å². The van der Waals surface area contributed by atoms with Crippen LogP contribution in [0.4, 0.5) is 5.69 Å². The zero-order valence-corrected chi connectivity index (χ0v) is 24.6.